The highest BCUT2D eigenvalue weighted by atomic mass is 19.4. The molecule has 4 atom stereocenters. The molecule has 0 radical (unpaired) electrons. The van der Waals surface area contributed by atoms with E-state index in [-0.39, 0.29) is 18.7 Å². The number of alkyl halides is 3. The van der Waals surface area contributed by atoms with Gasteiger partial charge in [0.05, 0.1) is 40.3 Å². The number of anilines is 1. The molecule has 146 valence electrons. The Morgan fingerprint density at radius 3 is 2.54 bits per heavy atom. The van der Waals surface area contributed by atoms with Gasteiger partial charge in [-0.3, -0.25) is 9.59 Å². The number of hydrogen-bond donors (Lipinski definition) is 1. The number of hydrogen-bond acceptors (Lipinski definition) is 5. The van der Waals surface area contributed by atoms with E-state index in [1.165, 1.54) is 6.07 Å². The van der Waals surface area contributed by atoms with E-state index in [4.69, 9.17) is 10.00 Å². The molecule has 0 saturated carbocycles. The Hall–Kier alpha value is -2.70. The van der Waals surface area contributed by atoms with Crippen LogP contribution in [0.4, 0.5) is 18.9 Å². The number of ether oxygens (including phenoxy) is 1. The summed E-state index contributed by atoms with van der Waals surface area (Å²) in [5.41, 5.74) is -4.27. The SMILES string of the molecule is CC12C=CC(CCO)(O1)[C@@H]1C(=O)N(c3ccc(C#N)c(C(F)(F)F)c3)C(=O)C12. The molecular formula is C19H15F3N2O4. The summed E-state index contributed by atoms with van der Waals surface area (Å²) in [7, 11) is 0. The normalized spacial score (nSPS) is 33.5. The number of carbonyl (C=O) groups is 2. The minimum atomic E-state index is -4.81. The second-order valence-electron chi connectivity index (χ2n) is 7.35. The lowest BCUT2D eigenvalue weighted by Gasteiger charge is -2.28. The molecule has 9 heteroatoms. The maximum atomic E-state index is 13.3. The van der Waals surface area contributed by atoms with E-state index in [0.717, 1.165) is 17.0 Å². The molecule has 4 rings (SSSR count). The van der Waals surface area contributed by atoms with Crippen molar-refractivity contribution in [3.05, 3.63) is 41.5 Å². The molecule has 3 unspecified atom stereocenters. The van der Waals surface area contributed by atoms with Crippen molar-refractivity contribution in [3.63, 3.8) is 0 Å². The summed E-state index contributed by atoms with van der Waals surface area (Å²) in [6.07, 6.45) is -1.40. The molecular weight excluding hydrogens is 377 g/mol. The van der Waals surface area contributed by atoms with Crippen LogP contribution >= 0.6 is 0 Å². The van der Waals surface area contributed by atoms with Crippen molar-refractivity contribution < 1.29 is 32.6 Å². The number of rotatable bonds is 3. The molecule has 3 aliphatic rings. The van der Waals surface area contributed by atoms with Crippen LogP contribution in [-0.4, -0.2) is 34.7 Å². The number of nitriles is 1. The number of aliphatic hydroxyl groups is 1. The number of aliphatic hydroxyl groups excluding tert-OH is 1. The Kier molecular flexibility index (Phi) is 3.77. The zero-order valence-corrected chi connectivity index (χ0v) is 14.7. The van der Waals surface area contributed by atoms with Gasteiger partial charge in [0.25, 0.3) is 0 Å². The molecule has 0 aliphatic carbocycles. The fourth-order valence-corrected chi connectivity index (χ4v) is 4.58. The van der Waals surface area contributed by atoms with Gasteiger partial charge in [0, 0.05) is 13.0 Å². The third-order valence-electron chi connectivity index (χ3n) is 5.75. The first-order chi connectivity index (χ1) is 13.1. The second kappa shape index (κ2) is 5.65. The van der Waals surface area contributed by atoms with Gasteiger partial charge in [0.15, 0.2) is 0 Å². The van der Waals surface area contributed by atoms with Crippen molar-refractivity contribution in [1.82, 2.24) is 0 Å². The predicted molar refractivity (Wildman–Crippen MR) is 88.7 cm³/mol. The molecule has 1 aromatic rings. The van der Waals surface area contributed by atoms with E-state index < -0.39 is 52.2 Å². The van der Waals surface area contributed by atoms with Crippen LogP contribution < -0.4 is 4.90 Å². The quantitative estimate of drug-likeness (QED) is 0.629. The predicted octanol–water partition coefficient (Wildman–Crippen LogP) is 2.16. The molecule has 3 aliphatic heterocycles. The zero-order valence-electron chi connectivity index (χ0n) is 14.7. The molecule has 2 bridgehead atoms. The third-order valence-corrected chi connectivity index (χ3v) is 5.75. The highest BCUT2D eigenvalue weighted by molar-refractivity contribution is 6.23. The number of fused-ring (bicyclic) bond motifs is 5. The summed E-state index contributed by atoms with van der Waals surface area (Å²) < 4.78 is 45.8. The van der Waals surface area contributed by atoms with E-state index in [9.17, 15) is 27.9 Å². The van der Waals surface area contributed by atoms with Gasteiger partial charge in [-0.05, 0) is 25.1 Å². The molecule has 0 spiro atoms. The molecule has 2 saturated heterocycles. The maximum Gasteiger partial charge on any atom is 0.417 e. The van der Waals surface area contributed by atoms with Crippen molar-refractivity contribution in [1.29, 1.82) is 5.26 Å². The van der Waals surface area contributed by atoms with Crippen LogP contribution in [0.2, 0.25) is 0 Å². The first-order valence-corrected chi connectivity index (χ1v) is 8.58. The van der Waals surface area contributed by atoms with E-state index in [0.29, 0.717) is 6.07 Å². The van der Waals surface area contributed by atoms with Crippen molar-refractivity contribution in [2.24, 2.45) is 11.8 Å². The number of carbonyl (C=O) groups excluding carboxylic acids is 2. The maximum absolute atomic E-state index is 13.3. The van der Waals surface area contributed by atoms with Crippen molar-refractivity contribution in [2.75, 3.05) is 11.5 Å². The van der Waals surface area contributed by atoms with E-state index in [1.807, 2.05) is 0 Å². The molecule has 3 heterocycles. The summed E-state index contributed by atoms with van der Waals surface area (Å²) in [6.45, 7) is 1.36. The zero-order chi connectivity index (χ0) is 20.5. The summed E-state index contributed by atoms with van der Waals surface area (Å²) in [6, 6.07) is 4.21. The summed E-state index contributed by atoms with van der Waals surface area (Å²) in [4.78, 5) is 26.9. The molecule has 1 aromatic carbocycles. The second-order valence-corrected chi connectivity index (χ2v) is 7.35. The number of imide groups is 1. The van der Waals surface area contributed by atoms with Crippen LogP contribution in [0.1, 0.15) is 24.5 Å². The lowest BCUT2D eigenvalue weighted by molar-refractivity contribution is -0.138. The average molecular weight is 392 g/mol. The summed E-state index contributed by atoms with van der Waals surface area (Å²) >= 11 is 0. The van der Waals surface area contributed by atoms with Crippen LogP contribution in [0.25, 0.3) is 0 Å². The van der Waals surface area contributed by atoms with Crippen LogP contribution in [0.15, 0.2) is 30.4 Å². The molecule has 0 aromatic heterocycles. The monoisotopic (exact) mass is 392 g/mol. The van der Waals surface area contributed by atoms with Crippen LogP contribution in [-0.2, 0) is 20.5 Å². The van der Waals surface area contributed by atoms with E-state index in [1.54, 1.807) is 19.1 Å². The summed E-state index contributed by atoms with van der Waals surface area (Å²) in [5, 5.41) is 18.3. The van der Waals surface area contributed by atoms with Gasteiger partial charge in [-0.1, -0.05) is 12.2 Å². The van der Waals surface area contributed by atoms with Crippen molar-refractivity contribution >= 4 is 17.5 Å². The smallest absolute Gasteiger partial charge is 0.396 e. The Balaban J connectivity index is 1.80. The average Bonchev–Trinajstić information content (AvgIpc) is 3.19. The Bertz CT molecular complexity index is 967. The van der Waals surface area contributed by atoms with Gasteiger partial charge in [-0.2, -0.15) is 18.4 Å². The number of benzene rings is 1. The van der Waals surface area contributed by atoms with Gasteiger partial charge in [-0.25, -0.2) is 4.90 Å². The van der Waals surface area contributed by atoms with Crippen LogP contribution in [0.5, 0.6) is 0 Å². The Labute approximate surface area is 157 Å². The van der Waals surface area contributed by atoms with E-state index in [2.05, 4.69) is 0 Å². The standard InChI is InChI=1S/C19H15F3N2O4/c1-17-4-5-18(28-17,6-7-25)14-13(17)15(26)24(16(14)27)11-3-2-10(9-23)12(8-11)19(20,21)22/h2-5,8,13-14,25H,6-7H2,1H3/t13?,14-,17?,18?/m0/s1. The van der Waals surface area contributed by atoms with Gasteiger partial charge in [0.2, 0.25) is 11.8 Å². The highest BCUT2D eigenvalue weighted by Gasteiger charge is 2.71. The Morgan fingerprint density at radius 2 is 1.93 bits per heavy atom. The molecule has 28 heavy (non-hydrogen) atoms. The van der Waals surface area contributed by atoms with Crippen LogP contribution in [0.3, 0.4) is 0 Å². The van der Waals surface area contributed by atoms with Gasteiger partial charge < -0.3 is 9.84 Å². The Morgan fingerprint density at radius 1 is 1.25 bits per heavy atom. The lowest BCUT2D eigenvalue weighted by Crippen LogP contribution is -2.41. The highest BCUT2D eigenvalue weighted by Crippen LogP contribution is 2.59. The van der Waals surface area contributed by atoms with E-state index >= 15 is 0 Å². The fourth-order valence-electron chi connectivity index (χ4n) is 4.58. The van der Waals surface area contributed by atoms with Gasteiger partial charge in [0.1, 0.15) is 5.60 Å². The molecule has 1 N–H and O–H groups in total. The van der Waals surface area contributed by atoms with Crippen molar-refractivity contribution in [3.8, 4) is 6.07 Å². The number of nitrogens with zero attached hydrogens (tertiary/aromatic N) is 2. The molecule has 6 nitrogen and oxygen atoms in total. The molecule has 2 fully saturated rings. The lowest BCUT2D eigenvalue weighted by atomic mass is 9.71. The fraction of sp³-hybridized carbons (Fsp3) is 0.421. The first kappa shape index (κ1) is 18.7. The van der Waals surface area contributed by atoms with Gasteiger partial charge in [-0.15, -0.1) is 0 Å². The number of amides is 2. The topological polar surface area (TPSA) is 90.6 Å². The third kappa shape index (κ3) is 2.28. The first-order valence-electron chi connectivity index (χ1n) is 8.58. The van der Waals surface area contributed by atoms with Crippen molar-refractivity contribution in [2.45, 2.75) is 30.7 Å². The minimum Gasteiger partial charge on any atom is -0.396 e. The van der Waals surface area contributed by atoms with Crippen LogP contribution in [0, 0.1) is 23.2 Å². The summed E-state index contributed by atoms with van der Waals surface area (Å²) in [5.74, 6) is -3.14. The number of halogens is 3. The molecule has 2 amide bonds. The largest absolute Gasteiger partial charge is 0.417 e. The minimum absolute atomic E-state index is 0.0916. The van der Waals surface area contributed by atoms with Gasteiger partial charge >= 0.3 is 6.18 Å².